The number of H-pyrrole nitrogens is 1. The van der Waals surface area contributed by atoms with Crippen LogP contribution < -0.4 is 11.1 Å². The fraction of sp³-hybridized carbons (Fsp3) is 0.312. The monoisotopic (exact) mass is 284 g/mol. The summed E-state index contributed by atoms with van der Waals surface area (Å²) in [6.45, 7) is 2.71. The molecule has 110 valence electrons. The van der Waals surface area contributed by atoms with Gasteiger partial charge in [-0.2, -0.15) is 0 Å². The van der Waals surface area contributed by atoms with Crippen molar-refractivity contribution < 1.29 is 4.74 Å². The van der Waals surface area contributed by atoms with Crippen LogP contribution in [-0.4, -0.2) is 9.97 Å². The van der Waals surface area contributed by atoms with Crippen LogP contribution in [-0.2, 0) is 17.8 Å². The molecule has 1 aliphatic heterocycles. The molecule has 1 aromatic heterocycles. The van der Waals surface area contributed by atoms with E-state index in [2.05, 4.69) is 46.5 Å². The summed E-state index contributed by atoms with van der Waals surface area (Å²) in [6, 6.07) is 8.54. The fourth-order valence-corrected chi connectivity index (χ4v) is 2.45. The van der Waals surface area contributed by atoms with Gasteiger partial charge in [0.2, 0.25) is 0 Å². The lowest BCUT2D eigenvalue weighted by Crippen LogP contribution is -2.31. The average molecular weight is 284 g/mol. The first kappa shape index (κ1) is 13.7. The molecule has 1 atom stereocenters. The standard InChI is InChI=1S/C16H20N4O/c1-2-3-11-4-6-12(7-5-11)9-21-16-15-13(18-10-19-15)8-14(17)20-16/h4-8,10,16,20H,2-3,9,17H2,1H3,(H,18,19). The van der Waals surface area contributed by atoms with Gasteiger partial charge in [-0.15, -0.1) is 0 Å². The van der Waals surface area contributed by atoms with Crippen LogP contribution in [0.2, 0.25) is 0 Å². The van der Waals surface area contributed by atoms with Gasteiger partial charge >= 0.3 is 0 Å². The van der Waals surface area contributed by atoms with E-state index in [4.69, 9.17) is 10.5 Å². The molecule has 0 bridgehead atoms. The Balaban J connectivity index is 1.64. The number of aromatic amines is 1. The summed E-state index contributed by atoms with van der Waals surface area (Å²) in [5.41, 5.74) is 10.1. The zero-order chi connectivity index (χ0) is 14.7. The minimum Gasteiger partial charge on any atom is -0.385 e. The van der Waals surface area contributed by atoms with Crippen molar-refractivity contribution >= 4 is 6.08 Å². The highest BCUT2D eigenvalue weighted by Gasteiger charge is 2.22. The van der Waals surface area contributed by atoms with Crippen LogP contribution in [0.3, 0.4) is 0 Å². The zero-order valence-electron chi connectivity index (χ0n) is 12.1. The maximum Gasteiger partial charge on any atom is 0.172 e. The minimum absolute atomic E-state index is 0.289. The van der Waals surface area contributed by atoms with E-state index in [1.165, 1.54) is 5.56 Å². The van der Waals surface area contributed by atoms with Gasteiger partial charge in [-0.3, -0.25) is 0 Å². The molecule has 0 amide bonds. The van der Waals surface area contributed by atoms with Crippen LogP contribution in [0.15, 0.2) is 36.4 Å². The van der Waals surface area contributed by atoms with Crippen LogP contribution >= 0.6 is 0 Å². The highest BCUT2D eigenvalue weighted by molar-refractivity contribution is 5.53. The summed E-state index contributed by atoms with van der Waals surface area (Å²) in [7, 11) is 0. The Morgan fingerprint density at radius 1 is 1.24 bits per heavy atom. The number of hydrogen-bond acceptors (Lipinski definition) is 4. The molecule has 0 saturated carbocycles. The van der Waals surface area contributed by atoms with Crippen LogP contribution in [0.4, 0.5) is 0 Å². The summed E-state index contributed by atoms with van der Waals surface area (Å²) >= 11 is 0. The molecule has 1 aliphatic rings. The topological polar surface area (TPSA) is 76.0 Å². The SMILES string of the molecule is CCCc1ccc(COC2NC(N)=Cc3nc[nH]c32)cc1. The summed E-state index contributed by atoms with van der Waals surface area (Å²) in [5.74, 6) is 0.567. The van der Waals surface area contributed by atoms with Gasteiger partial charge in [0, 0.05) is 6.08 Å². The highest BCUT2D eigenvalue weighted by Crippen LogP contribution is 2.23. The third-order valence-corrected chi connectivity index (χ3v) is 3.53. The molecular weight excluding hydrogens is 264 g/mol. The number of aromatic nitrogens is 2. The molecule has 0 saturated heterocycles. The van der Waals surface area contributed by atoms with Crippen molar-refractivity contribution in [1.82, 2.24) is 15.3 Å². The quantitative estimate of drug-likeness (QED) is 0.788. The number of aryl methyl sites for hydroxylation is 1. The van der Waals surface area contributed by atoms with Gasteiger partial charge in [-0.1, -0.05) is 37.6 Å². The Labute approximate surface area is 124 Å². The summed E-state index contributed by atoms with van der Waals surface area (Å²) in [5, 5.41) is 3.11. The highest BCUT2D eigenvalue weighted by atomic mass is 16.5. The molecule has 0 fully saturated rings. The third-order valence-electron chi connectivity index (χ3n) is 3.53. The number of nitrogens with zero attached hydrogens (tertiary/aromatic N) is 1. The van der Waals surface area contributed by atoms with Crippen molar-refractivity contribution in [1.29, 1.82) is 0 Å². The second kappa shape index (κ2) is 6.01. The predicted octanol–water partition coefficient (Wildman–Crippen LogP) is 2.44. The van der Waals surface area contributed by atoms with E-state index in [0.29, 0.717) is 12.4 Å². The van der Waals surface area contributed by atoms with Gasteiger partial charge in [0.15, 0.2) is 6.23 Å². The number of nitrogens with one attached hydrogen (secondary N) is 2. The normalized spacial score (nSPS) is 17.0. The van der Waals surface area contributed by atoms with Crippen LogP contribution in [0, 0.1) is 0 Å². The van der Waals surface area contributed by atoms with E-state index in [1.807, 2.05) is 0 Å². The van der Waals surface area contributed by atoms with Gasteiger partial charge < -0.3 is 20.8 Å². The Morgan fingerprint density at radius 3 is 2.76 bits per heavy atom. The molecule has 0 spiro atoms. The van der Waals surface area contributed by atoms with Gasteiger partial charge in [0.05, 0.1) is 24.3 Å². The molecule has 1 unspecified atom stereocenters. The Kier molecular flexibility index (Phi) is 3.92. The zero-order valence-corrected chi connectivity index (χ0v) is 12.1. The largest absolute Gasteiger partial charge is 0.385 e. The first-order chi connectivity index (χ1) is 10.3. The second-order valence-corrected chi connectivity index (χ2v) is 5.20. The van der Waals surface area contributed by atoms with Crippen molar-refractivity contribution in [3.05, 3.63) is 58.9 Å². The molecule has 0 radical (unpaired) electrons. The molecule has 2 heterocycles. The number of hydrogen-bond donors (Lipinski definition) is 3. The van der Waals surface area contributed by atoms with Gasteiger partial charge in [-0.25, -0.2) is 4.98 Å². The Morgan fingerprint density at radius 2 is 2.00 bits per heavy atom. The van der Waals surface area contributed by atoms with Crippen molar-refractivity contribution in [2.75, 3.05) is 0 Å². The lowest BCUT2D eigenvalue weighted by molar-refractivity contribution is 0.0191. The van der Waals surface area contributed by atoms with E-state index >= 15 is 0 Å². The smallest absolute Gasteiger partial charge is 0.172 e. The third kappa shape index (κ3) is 3.08. The van der Waals surface area contributed by atoms with Crippen molar-refractivity contribution in [2.24, 2.45) is 5.73 Å². The molecule has 5 nitrogen and oxygen atoms in total. The van der Waals surface area contributed by atoms with Crippen LogP contribution in [0.5, 0.6) is 0 Å². The maximum absolute atomic E-state index is 5.92. The number of nitrogens with two attached hydrogens (primary N) is 1. The number of ether oxygens (including phenoxy) is 1. The van der Waals surface area contributed by atoms with Crippen molar-refractivity contribution in [2.45, 2.75) is 32.6 Å². The molecule has 21 heavy (non-hydrogen) atoms. The molecule has 1 aromatic carbocycles. The van der Waals surface area contributed by atoms with E-state index < -0.39 is 0 Å². The second-order valence-electron chi connectivity index (χ2n) is 5.20. The summed E-state index contributed by atoms with van der Waals surface area (Å²) in [6.07, 6.45) is 5.44. The lowest BCUT2D eigenvalue weighted by Gasteiger charge is -2.23. The van der Waals surface area contributed by atoms with E-state index in [-0.39, 0.29) is 6.23 Å². The number of rotatable bonds is 5. The molecule has 5 heteroatoms. The fourth-order valence-electron chi connectivity index (χ4n) is 2.45. The molecule has 4 N–H and O–H groups in total. The predicted molar refractivity (Wildman–Crippen MR) is 81.9 cm³/mol. The Hall–Kier alpha value is -2.27. The molecular formula is C16H20N4O. The lowest BCUT2D eigenvalue weighted by atomic mass is 10.1. The molecule has 0 aliphatic carbocycles. The number of fused-ring (bicyclic) bond motifs is 1. The molecule has 3 rings (SSSR count). The van der Waals surface area contributed by atoms with Crippen LogP contribution in [0.1, 0.15) is 42.1 Å². The first-order valence-electron chi connectivity index (χ1n) is 7.22. The number of imidazole rings is 1. The van der Waals surface area contributed by atoms with E-state index in [0.717, 1.165) is 29.8 Å². The first-order valence-corrected chi connectivity index (χ1v) is 7.22. The van der Waals surface area contributed by atoms with Gasteiger partial charge in [0.25, 0.3) is 0 Å². The number of benzene rings is 1. The van der Waals surface area contributed by atoms with Gasteiger partial charge in [0.1, 0.15) is 5.82 Å². The minimum atomic E-state index is -0.289. The van der Waals surface area contributed by atoms with E-state index in [9.17, 15) is 0 Å². The average Bonchev–Trinajstić information content (AvgIpc) is 2.94. The maximum atomic E-state index is 5.92. The van der Waals surface area contributed by atoms with Crippen LogP contribution in [0.25, 0.3) is 6.08 Å². The molecule has 2 aromatic rings. The summed E-state index contributed by atoms with van der Waals surface area (Å²) < 4.78 is 5.92. The van der Waals surface area contributed by atoms with Crippen molar-refractivity contribution in [3.8, 4) is 0 Å². The Bertz CT molecular complexity index is 630. The summed E-state index contributed by atoms with van der Waals surface area (Å²) in [4.78, 5) is 7.30. The van der Waals surface area contributed by atoms with E-state index in [1.54, 1.807) is 12.4 Å². The van der Waals surface area contributed by atoms with Crippen molar-refractivity contribution in [3.63, 3.8) is 0 Å². The van der Waals surface area contributed by atoms with Gasteiger partial charge in [-0.05, 0) is 17.5 Å².